The van der Waals surface area contributed by atoms with Crippen LogP contribution in [0, 0.1) is 19.7 Å². The van der Waals surface area contributed by atoms with Crippen LogP contribution >= 0.6 is 0 Å². The van der Waals surface area contributed by atoms with Crippen LogP contribution in [0.4, 0.5) is 4.39 Å². The van der Waals surface area contributed by atoms with Gasteiger partial charge in [-0.25, -0.2) is 4.39 Å². The largest absolute Gasteiger partial charge is 0.340 e. The molecule has 0 saturated carbocycles. The van der Waals surface area contributed by atoms with Crippen LogP contribution in [0.5, 0.6) is 0 Å². The highest BCUT2D eigenvalue weighted by Gasteiger charge is 2.22. The molecule has 130 valence electrons. The average Bonchev–Trinajstić information content (AvgIpc) is 3.13. The maximum Gasteiger partial charge on any atom is 0.255 e. The highest BCUT2D eigenvalue weighted by molar-refractivity contribution is 5.96. The van der Waals surface area contributed by atoms with Crippen molar-refractivity contribution in [2.24, 2.45) is 7.05 Å². The van der Waals surface area contributed by atoms with E-state index in [0.29, 0.717) is 16.8 Å². The second kappa shape index (κ2) is 6.46. The number of hydrogen-bond donors (Lipinski definition) is 1. The second-order valence-corrected chi connectivity index (χ2v) is 5.83. The average molecular weight is 343 g/mol. The third-order valence-electron chi connectivity index (χ3n) is 3.98. The van der Waals surface area contributed by atoms with Gasteiger partial charge in [-0.1, -0.05) is 17.3 Å². The summed E-state index contributed by atoms with van der Waals surface area (Å²) in [5.74, 6) is -0.134. The Morgan fingerprint density at radius 3 is 2.76 bits per heavy atom. The van der Waals surface area contributed by atoms with Crippen molar-refractivity contribution in [3.05, 3.63) is 52.9 Å². The summed E-state index contributed by atoms with van der Waals surface area (Å²) >= 11 is 0. The summed E-state index contributed by atoms with van der Waals surface area (Å²) in [7, 11) is 1.78. The molecule has 1 atom stereocenters. The van der Waals surface area contributed by atoms with Gasteiger partial charge in [-0.3, -0.25) is 9.48 Å². The topological polar surface area (TPSA) is 85.8 Å². The summed E-state index contributed by atoms with van der Waals surface area (Å²) < 4.78 is 20.2. The Labute approximate surface area is 143 Å². The van der Waals surface area contributed by atoms with Crippen LogP contribution in [0.15, 0.2) is 28.8 Å². The summed E-state index contributed by atoms with van der Waals surface area (Å²) in [5.41, 5.74) is 2.45. The van der Waals surface area contributed by atoms with Crippen LogP contribution in [-0.2, 0) is 7.05 Å². The van der Waals surface area contributed by atoms with E-state index in [1.54, 1.807) is 37.7 Å². The van der Waals surface area contributed by atoms with E-state index < -0.39 is 6.04 Å². The first-order valence-electron chi connectivity index (χ1n) is 7.77. The third kappa shape index (κ3) is 3.28. The second-order valence-electron chi connectivity index (χ2n) is 5.83. The van der Waals surface area contributed by atoms with E-state index in [4.69, 9.17) is 4.52 Å². The van der Waals surface area contributed by atoms with Gasteiger partial charge in [0.15, 0.2) is 0 Å². The maximum atomic E-state index is 13.3. The zero-order valence-corrected chi connectivity index (χ0v) is 14.4. The Hall–Kier alpha value is -3.03. The van der Waals surface area contributed by atoms with Crippen molar-refractivity contribution in [3.8, 4) is 11.4 Å². The molecule has 0 bridgehead atoms. The number of benzene rings is 1. The van der Waals surface area contributed by atoms with Crippen molar-refractivity contribution >= 4 is 5.91 Å². The van der Waals surface area contributed by atoms with Gasteiger partial charge < -0.3 is 9.84 Å². The number of nitrogens with zero attached hydrogens (tertiary/aromatic N) is 4. The van der Waals surface area contributed by atoms with E-state index >= 15 is 0 Å². The Morgan fingerprint density at radius 2 is 2.12 bits per heavy atom. The highest BCUT2D eigenvalue weighted by Crippen LogP contribution is 2.20. The normalized spacial score (nSPS) is 12.2. The predicted molar refractivity (Wildman–Crippen MR) is 88.3 cm³/mol. The molecule has 0 aliphatic heterocycles. The number of hydrogen-bond acceptors (Lipinski definition) is 5. The summed E-state index contributed by atoms with van der Waals surface area (Å²) in [4.78, 5) is 16.7. The van der Waals surface area contributed by atoms with Gasteiger partial charge in [-0.15, -0.1) is 0 Å². The molecule has 1 N–H and O–H groups in total. The van der Waals surface area contributed by atoms with Crippen LogP contribution in [0.2, 0.25) is 0 Å². The molecule has 8 heteroatoms. The Morgan fingerprint density at radius 1 is 1.36 bits per heavy atom. The van der Waals surface area contributed by atoms with Gasteiger partial charge in [-0.05, 0) is 32.9 Å². The quantitative estimate of drug-likeness (QED) is 0.787. The van der Waals surface area contributed by atoms with Crippen molar-refractivity contribution < 1.29 is 13.7 Å². The monoisotopic (exact) mass is 343 g/mol. The molecule has 0 radical (unpaired) electrons. The first-order valence-corrected chi connectivity index (χ1v) is 7.77. The fourth-order valence-corrected chi connectivity index (χ4v) is 2.59. The van der Waals surface area contributed by atoms with E-state index in [-0.39, 0.29) is 23.4 Å². The Bertz CT molecular complexity index is 931. The molecule has 0 unspecified atom stereocenters. The van der Waals surface area contributed by atoms with E-state index in [9.17, 15) is 9.18 Å². The van der Waals surface area contributed by atoms with E-state index in [1.165, 1.54) is 12.1 Å². The molecule has 3 rings (SSSR count). The minimum Gasteiger partial charge on any atom is -0.340 e. The number of carbonyl (C=O) groups is 1. The van der Waals surface area contributed by atoms with Gasteiger partial charge in [0.2, 0.25) is 11.7 Å². The molecule has 2 aromatic heterocycles. The SMILES string of the molecule is Cc1nn(C)c(C)c1C(=O)N[C@H](C)c1nc(-c2cccc(F)c2)no1. The van der Waals surface area contributed by atoms with Crippen molar-refractivity contribution in [3.63, 3.8) is 0 Å². The molecule has 0 fully saturated rings. The minimum atomic E-state index is -0.499. The number of aryl methyl sites for hydroxylation is 2. The molecule has 3 aromatic rings. The van der Waals surface area contributed by atoms with Crippen molar-refractivity contribution in [2.45, 2.75) is 26.8 Å². The molecule has 0 spiro atoms. The molecular weight excluding hydrogens is 325 g/mol. The first-order chi connectivity index (χ1) is 11.9. The first kappa shape index (κ1) is 16.8. The summed E-state index contributed by atoms with van der Waals surface area (Å²) in [6.07, 6.45) is 0. The summed E-state index contributed by atoms with van der Waals surface area (Å²) in [5, 5.41) is 10.9. The number of nitrogens with one attached hydrogen (secondary N) is 1. The Balaban J connectivity index is 1.78. The number of halogens is 1. The molecular formula is C17H18FN5O2. The van der Waals surface area contributed by atoms with Gasteiger partial charge in [0.25, 0.3) is 5.91 Å². The highest BCUT2D eigenvalue weighted by atomic mass is 19.1. The van der Waals surface area contributed by atoms with Gasteiger partial charge in [-0.2, -0.15) is 10.1 Å². The van der Waals surface area contributed by atoms with Crippen molar-refractivity contribution in [2.75, 3.05) is 0 Å². The lowest BCUT2D eigenvalue weighted by atomic mass is 10.1. The lowest BCUT2D eigenvalue weighted by Gasteiger charge is -2.09. The molecule has 7 nitrogen and oxygen atoms in total. The maximum absolute atomic E-state index is 13.3. The van der Waals surface area contributed by atoms with Crippen LogP contribution in [0.3, 0.4) is 0 Å². The number of amides is 1. The lowest BCUT2D eigenvalue weighted by molar-refractivity contribution is 0.0931. The third-order valence-corrected chi connectivity index (χ3v) is 3.98. The summed E-state index contributed by atoms with van der Waals surface area (Å²) in [6, 6.07) is 5.41. The Kier molecular flexibility index (Phi) is 4.35. The zero-order valence-electron chi connectivity index (χ0n) is 14.4. The molecule has 2 heterocycles. The number of rotatable bonds is 4. The van der Waals surface area contributed by atoms with Crippen LogP contribution in [-0.4, -0.2) is 25.8 Å². The smallest absolute Gasteiger partial charge is 0.255 e. The van der Waals surface area contributed by atoms with Gasteiger partial charge in [0.05, 0.1) is 11.3 Å². The predicted octanol–water partition coefficient (Wildman–Crippen LogP) is 2.72. The lowest BCUT2D eigenvalue weighted by Crippen LogP contribution is -2.27. The van der Waals surface area contributed by atoms with Crippen molar-refractivity contribution in [1.29, 1.82) is 0 Å². The van der Waals surface area contributed by atoms with Crippen molar-refractivity contribution in [1.82, 2.24) is 25.2 Å². The standard InChI is InChI=1S/C17H18FN5O2/c1-9-14(11(3)23(4)21-9)16(24)19-10(2)17-20-15(22-25-17)12-6-5-7-13(18)8-12/h5-8,10H,1-4H3,(H,19,24)/t10-/m1/s1. The molecule has 0 aliphatic carbocycles. The molecule has 1 amide bonds. The minimum absolute atomic E-state index is 0.242. The van der Waals surface area contributed by atoms with E-state index in [2.05, 4.69) is 20.6 Å². The van der Waals surface area contributed by atoms with Gasteiger partial charge in [0.1, 0.15) is 11.9 Å². The van der Waals surface area contributed by atoms with Crippen LogP contribution < -0.4 is 5.32 Å². The molecule has 0 saturated heterocycles. The van der Waals surface area contributed by atoms with Gasteiger partial charge in [0, 0.05) is 18.3 Å². The molecule has 25 heavy (non-hydrogen) atoms. The fourth-order valence-electron chi connectivity index (χ4n) is 2.59. The summed E-state index contributed by atoms with van der Waals surface area (Å²) in [6.45, 7) is 5.34. The molecule has 1 aromatic carbocycles. The van der Waals surface area contributed by atoms with Gasteiger partial charge >= 0.3 is 0 Å². The van der Waals surface area contributed by atoms with Crippen LogP contribution in [0.1, 0.15) is 40.6 Å². The molecule has 0 aliphatic rings. The fraction of sp³-hybridized carbons (Fsp3) is 0.294. The van der Waals surface area contributed by atoms with E-state index in [0.717, 1.165) is 5.69 Å². The van der Waals surface area contributed by atoms with E-state index in [1.807, 2.05) is 6.92 Å². The zero-order chi connectivity index (χ0) is 18.1. The number of carbonyl (C=O) groups excluding carboxylic acids is 1. The number of aromatic nitrogens is 4. The van der Waals surface area contributed by atoms with Crippen LogP contribution in [0.25, 0.3) is 11.4 Å².